The monoisotopic (exact) mass is 248 g/mol. The van der Waals surface area contributed by atoms with E-state index in [1.54, 1.807) is 0 Å². The predicted molar refractivity (Wildman–Crippen MR) is 71.0 cm³/mol. The number of nitrogens with zero attached hydrogens (tertiary/aromatic N) is 3. The molecule has 2 N–H and O–H groups in total. The highest BCUT2D eigenvalue weighted by Gasteiger charge is 2.37. The van der Waals surface area contributed by atoms with Crippen molar-refractivity contribution in [1.29, 1.82) is 0 Å². The van der Waals surface area contributed by atoms with E-state index in [2.05, 4.69) is 21.7 Å². The second-order valence-corrected chi connectivity index (χ2v) is 6.34. The minimum atomic E-state index is -0.231. The molecule has 0 aromatic carbocycles. The van der Waals surface area contributed by atoms with E-state index in [0.29, 0.717) is 6.04 Å². The van der Waals surface area contributed by atoms with Crippen LogP contribution in [0.4, 0.5) is 0 Å². The molecule has 1 heterocycles. The van der Waals surface area contributed by atoms with Crippen molar-refractivity contribution in [3.63, 3.8) is 0 Å². The van der Waals surface area contributed by atoms with Crippen molar-refractivity contribution in [3.8, 4) is 0 Å². The summed E-state index contributed by atoms with van der Waals surface area (Å²) in [6.45, 7) is 2.32. The van der Waals surface area contributed by atoms with Gasteiger partial charge in [-0.15, -0.1) is 10.2 Å². The molecule has 0 bridgehead atoms. The molecule has 2 fully saturated rings. The zero-order valence-electron chi connectivity index (χ0n) is 11.3. The maximum atomic E-state index is 6.63. The number of hydrogen-bond donors (Lipinski definition) is 1. The zero-order chi connectivity index (χ0) is 12.6. The van der Waals surface area contributed by atoms with Gasteiger partial charge in [0, 0.05) is 6.04 Å². The Balaban J connectivity index is 1.85. The fourth-order valence-corrected chi connectivity index (χ4v) is 3.55. The van der Waals surface area contributed by atoms with Crippen LogP contribution in [0.5, 0.6) is 0 Å². The summed E-state index contributed by atoms with van der Waals surface area (Å²) in [6.07, 6.45) is 11.6. The Hall–Kier alpha value is -0.900. The van der Waals surface area contributed by atoms with Gasteiger partial charge in [-0.05, 0) is 44.4 Å². The third kappa shape index (κ3) is 2.07. The topological polar surface area (TPSA) is 56.7 Å². The Kier molecular flexibility index (Phi) is 3.14. The van der Waals surface area contributed by atoms with E-state index in [0.717, 1.165) is 24.6 Å². The summed E-state index contributed by atoms with van der Waals surface area (Å²) in [4.78, 5) is 0. The van der Waals surface area contributed by atoms with E-state index in [9.17, 15) is 0 Å². The largest absolute Gasteiger partial charge is 0.319 e. The van der Waals surface area contributed by atoms with Crippen LogP contribution >= 0.6 is 0 Å². The van der Waals surface area contributed by atoms with Crippen molar-refractivity contribution < 1.29 is 0 Å². The molecule has 1 aromatic rings. The lowest BCUT2D eigenvalue weighted by Crippen LogP contribution is -2.43. The van der Waals surface area contributed by atoms with E-state index in [1.807, 2.05) is 6.33 Å². The molecule has 2 aliphatic rings. The molecule has 100 valence electrons. The van der Waals surface area contributed by atoms with Crippen LogP contribution in [0.3, 0.4) is 0 Å². The first-order valence-electron chi connectivity index (χ1n) is 7.38. The lowest BCUT2D eigenvalue weighted by atomic mass is 9.77. The molecular weight excluding hydrogens is 224 g/mol. The Bertz CT molecular complexity index is 398. The predicted octanol–water partition coefficient (Wildman–Crippen LogP) is 2.76. The first-order valence-corrected chi connectivity index (χ1v) is 7.38. The molecule has 0 amide bonds. The smallest absolute Gasteiger partial charge is 0.153 e. The molecular formula is C14H24N4. The van der Waals surface area contributed by atoms with Gasteiger partial charge in [0.2, 0.25) is 0 Å². The van der Waals surface area contributed by atoms with Gasteiger partial charge in [-0.25, -0.2) is 0 Å². The van der Waals surface area contributed by atoms with Crippen LogP contribution in [0, 0.1) is 5.92 Å². The van der Waals surface area contributed by atoms with Gasteiger partial charge in [0.25, 0.3) is 0 Å². The summed E-state index contributed by atoms with van der Waals surface area (Å²) in [5.74, 6) is 1.85. The lowest BCUT2D eigenvalue weighted by molar-refractivity contribution is 0.226. The summed E-state index contributed by atoms with van der Waals surface area (Å²) in [7, 11) is 0. The standard InChI is InChI=1S/C14H24N4/c1-11-6-8-14(15,9-7-11)13-17-16-10-18(13)12-4-2-3-5-12/h10-12H,2-9,15H2,1H3. The molecule has 4 nitrogen and oxygen atoms in total. The number of hydrogen-bond acceptors (Lipinski definition) is 3. The summed E-state index contributed by atoms with van der Waals surface area (Å²) in [6, 6.07) is 0.592. The molecule has 1 aromatic heterocycles. The van der Waals surface area contributed by atoms with E-state index in [4.69, 9.17) is 5.73 Å². The van der Waals surface area contributed by atoms with E-state index in [1.165, 1.54) is 38.5 Å². The first-order chi connectivity index (χ1) is 8.69. The number of rotatable bonds is 2. The van der Waals surface area contributed by atoms with Crippen LogP contribution in [-0.4, -0.2) is 14.8 Å². The van der Waals surface area contributed by atoms with Crippen LogP contribution in [-0.2, 0) is 5.54 Å². The minimum absolute atomic E-state index is 0.231. The first kappa shape index (κ1) is 12.2. The van der Waals surface area contributed by atoms with Crippen LogP contribution in [0.2, 0.25) is 0 Å². The van der Waals surface area contributed by atoms with Gasteiger partial charge in [-0.3, -0.25) is 0 Å². The summed E-state index contributed by atoms with van der Waals surface area (Å²) in [5.41, 5.74) is 6.40. The summed E-state index contributed by atoms with van der Waals surface area (Å²) in [5, 5.41) is 8.51. The van der Waals surface area contributed by atoms with E-state index >= 15 is 0 Å². The maximum absolute atomic E-state index is 6.63. The third-order valence-electron chi connectivity index (χ3n) is 4.90. The average molecular weight is 248 g/mol. The van der Waals surface area contributed by atoms with Crippen LogP contribution in [0.15, 0.2) is 6.33 Å². The van der Waals surface area contributed by atoms with Crippen molar-refractivity contribution in [2.24, 2.45) is 11.7 Å². The molecule has 0 spiro atoms. The maximum Gasteiger partial charge on any atom is 0.153 e. The van der Waals surface area contributed by atoms with Crippen molar-refractivity contribution >= 4 is 0 Å². The average Bonchev–Trinajstić information content (AvgIpc) is 3.01. The molecule has 0 unspecified atom stereocenters. The van der Waals surface area contributed by atoms with Gasteiger partial charge in [-0.1, -0.05) is 19.8 Å². The quantitative estimate of drug-likeness (QED) is 0.875. The fourth-order valence-electron chi connectivity index (χ4n) is 3.55. The molecule has 0 saturated heterocycles. The van der Waals surface area contributed by atoms with Gasteiger partial charge >= 0.3 is 0 Å². The fraction of sp³-hybridized carbons (Fsp3) is 0.857. The molecule has 2 aliphatic carbocycles. The second-order valence-electron chi connectivity index (χ2n) is 6.34. The Morgan fingerprint density at radius 1 is 1.22 bits per heavy atom. The summed E-state index contributed by atoms with van der Waals surface area (Å²) < 4.78 is 2.28. The van der Waals surface area contributed by atoms with Crippen molar-refractivity contribution in [2.75, 3.05) is 0 Å². The highest BCUT2D eigenvalue weighted by Crippen LogP contribution is 2.39. The molecule has 0 radical (unpaired) electrons. The van der Waals surface area contributed by atoms with Gasteiger partial charge in [0.1, 0.15) is 6.33 Å². The second kappa shape index (κ2) is 4.65. The molecule has 0 atom stereocenters. The van der Waals surface area contributed by atoms with Crippen LogP contribution in [0.1, 0.15) is 70.2 Å². The lowest BCUT2D eigenvalue weighted by Gasteiger charge is -2.36. The zero-order valence-corrected chi connectivity index (χ0v) is 11.3. The Morgan fingerprint density at radius 2 is 1.89 bits per heavy atom. The Labute approximate surface area is 109 Å². The number of aromatic nitrogens is 3. The van der Waals surface area contributed by atoms with E-state index in [-0.39, 0.29) is 5.54 Å². The highest BCUT2D eigenvalue weighted by molar-refractivity contribution is 5.08. The molecule has 0 aliphatic heterocycles. The minimum Gasteiger partial charge on any atom is -0.319 e. The van der Waals surface area contributed by atoms with Crippen LogP contribution < -0.4 is 5.73 Å². The third-order valence-corrected chi connectivity index (χ3v) is 4.90. The van der Waals surface area contributed by atoms with Crippen molar-refractivity contribution in [1.82, 2.24) is 14.8 Å². The van der Waals surface area contributed by atoms with Crippen LogP contribution in [0.25, 0.3) is 0 Å². The van der Waals surface area contributed by atoms with Gasteiger partial charge in [-0.2, -0.15) is 0 Å². The molecule has 2 saturated carbocycles. The molecule has 18 heavy (non-hydrogen) atoms. The molecule has 3 rings (SSSR count). The van der Waals surface area contributed by atoms with Gasteiger partial charge in [0.05, 0.1) is 5.54 Å². The van der Waals surface area contributed by atoms with Crippen molar-refractivity contribution in [2.45, 2.75) is 69.9 Å². The highest BCUT2D eigenvalue weighted by atomic mass is 15.3. The molecule has 4 heteroatoms. The number of nitrogens with two attached hydrogens (primary N) is 1. The van der Waals surface area contributed by atoms with E-state index < -0.39 is 0 Å². The van der Waals surface area contributed by atoms with Gasteiger partial charge < -0.3 is 10.3 Å². The van der Waals surface area contributed by atoms with Crippen molar-refractivity contribution in [3.05, 3.63) is 12.2 Å². The van der Waals surface area contributed by atoms with Gasteiger partial charge in [0.15, 0.2) is 5.82 Å². The normalized spacial score (nSPS) is 34.0. The SMILES string of the molecule is CC1CCC(N)(c2nncn2C2CCCC2)CC1. The Morgan fingerprint density at radius 3 is 2.56 bits per heavy atom. The summed E-state index contributed by atoms with van der Waals surface area (Å²) >= 11 is 0.